The van der Waals surface area contributed by atoms with Crippen LogP contribution in [-0.4, -0.2) is 113 Å². The molecule has 2 N–H and O–H groups in total. The molecule has 0 aliphatic carbocycles. The number of cyclic esters (lactones) is 1. The highest BCUT2D eigenvalue weighted by molar-refractivity contribution is 5.76. The molecule has 266 valence electrons. The summed E-state index contributed by atoms with van der Waals surface area (Å²) in [5, 5.41) is 18.0. The molecule has 0 saturated carbocycles. The van der Waals surface area contributed by atoms with Crippen LogP contribution >= 0.6 is 0 Å². The van der Waals surface area contributed by atoms with E-state index in [0.717, 1.165) is 0 Å². The van der Waals surface area contributed by atoms with Crippen molar-refractivity contribution in [3.63, 3.8) is 0 Å². The summed E-state index contributed by atoms with van der Waals surface area (Å²) in [5.74, 6) is -1.33. The van der Waals surface area contributed by atoms with Crippen molar-refractivity contribution in [1.82, 2.24) is 24.9 Å². The van der Waals surface area contributed by atoms with Gasteiger partial charge >= 0.3 is 12.1 Å². The molecule has 0 spiro atoms. The standard InChI is InChI=1S/C36H49FN6O6/c1-25-5-7-31(44)23-34(46)49-35(26(2)6-8-32(25)48-36(47)42-13-10-38-11-14-42)27(3)19-28-20-29(37)22-30(21-28)40-15-17-41(18-16-40)33(45)24-43-12-4-9-39-43/h4,6,8-9,12,19-22,25-26,31-32,35,38,44H,5,7,10-11,13-18,23-24H2,1-3H3/b8-6?,27-19+/t25-,26-,31+,32-,35-/m0/s1. The Morgan fingerprint density at radius 2 is 1.82 bits per heavy atom. The maximum atomic E-state index is 15.0. The lowest BCUT2D eigenvalue weighted by Crippen LogP contribution is -2.49. The van der Waals surface area contributed by atoms with Crippen molar-refractivity contribution in [2.75, 3.05) is 57.3 Å². The Morgan fingerprint density at radius 3 is 2.53 bits per heavy atom. The predicted molar refractivity (Wildman–Crippen MR) is 183 cm³/mol. The maximum absolute atomic E-state index is 15.0. The van der Waals surface area contributed by atoms with Gasteiger partial charge in [0.1, 0.15) is 24.6 Å². The van der Waals surface area contributed by atoms with Gasteiger partial charge in [0, 0.05) is 76.4 Å². The Morgan fingerprint density at radius 1 is 1.06 bits per heavy atom. The molecule has 2 fully saturated rings. The quantitative estimate of drug-likeness (QED) is 0.348. The van der Waals surface area contributed by atoms with E-state index in [9.17, 15) is 23.9 Å². The molecular formula is C36H49FN6O6. The molecule has 12 nitrogen and oxygen atoms in total. The summed E-state index contributed by atoms with van der Waals surface area (Å²) in [6, 6.07) is 6.59. The summed E-state index contributed by atoms with van der Waals surface area (Å²) in [4.78, 5) is 44.2. The molecule has 2 aromatic rings. The number of hydrogen-bond donors (Lipinski definition) is 2. The summed E-state index contributed by atoms with van der Waals surface area (Å²) in [7, 11) is 0. The van der Waals surface area contributed by atoms with E-state index in [2.05, 4.69) is 15.3 Å². The molecule has 2 saturated heterocycles. The minimum Gasteiger partial charge on any atom is -0.457 e. The van der Waals surface area contributed by atoms with Crippen molar-refractivity contribution < 1.29 is 33.4 Å². The number of aromatic nitrogens is 2. The number of benzene rings is 1. The molecule has 0 radical (unpaired) electrons. The molecule has 3 aliphatic heterocycles. The molecule has 1 aromatic carbocycles. The number of aliphatic hydroxyl groups excluding tert-OH is 1. The molecule has 1 aromatic heterocycles. The van der Waals surface area contributed by atoms with Gasteiger partial charge in [0.05, 0.1) is 12.5 Å². The highest BCUT2D eigenvalue weighted by Gasteiger charge is 2.29. The van der Waals surface area contributed by atoms with Crippen molar-refractivity contribution in [2.45, 2.75) is 64.9 Å². The zero-order valence-electron chi connectivity index (χ0n) is 28.7. The average molecular weight is 681 g/mol. The van der Waals surface area contributed by atoms with Crippen molar-refractivity contribution in [3.05, 3.63) is 65.8 Å². The average Bonchev–Trinajstić information content (AvgIpc) is 3.60. The second-order valence-corrected chi connectivity index (χ2v) is 13.4. The van der Waals surface area contributed by atoms with Crippen molar-refractivity contribution >= 4 is 29.7 Å². The zero-order valence-corrected chi connectivity index (χ0v) is 28.7. The molecule has 5 atom stereocenters. The van der Waals surface area contributed by atoms with E-state index in [-0.39, 0.29) is 36.8 Å². The normalized spacial score (nSPS) is 26.1. The third-order valence-electron chi connectivity index (χ3n) is 9.47. The van der Waals surface area contributed by atoms with Gasteiger partial charge in [-0.15, -0.1) is 0 Å². The van der Waals surface area contributed by atoms with Crippen LogP contribution in [0.1, 0.15) is 45.6 Å². The van der Waals surface area contributed by atoms with Crippen LogP contribution in [0.5, 0.6) is 0 Å². The number of nitrogens with one attached hydrogen (secondary N) is 1. The molecule has 3 aliphatic rings. The van der Waals surface area contributed by atoms with Gasteiger partial charge in [-0.1, -0.05) is 26.0 Å². The van der Waals surface area contributed by atoms with E-state index < -0.39 is 30.1 Å². The Bertz CT molecular complexity index is 1480. The van der Waals surface area contributed by atoms with Gasteiger partial charge in [0.25, 0.3) is 0 Å². The molecule has 0 unspecified atom stereocenters. The van der Waals surface area contributed by atoms with Crippen LogP contribution in [0.3, 0.4) is 0 Å². The second kappa shape index (κ2) is 16.9. The van der Waals surface area contributed by atoms with Crippen LogP contribution in [0.2, 0.25) is 0 Å². The van der Waals surface area contributed by atoms with E-state index >= 15 is 0 Å². The van der Waals surface area contributed by atoms with Crippen molar-refractivity contribution in [3.8, 4) is 0 Å². The predicted octanol–water partition coefficient (Wildman–Crippen LogP) is 3.47. The Labute approximate surface area is 287 Å². The van der Waals surface area contributed by atoms with Gasteiger partial charge in [-0.3, -0.25) is 14.3 Å². The Kier molecular flexibility index (Phi) is 12.5. The number of esters is 1. The van der Waals surface area contributed by atoms with Crippen LogP contribution in [0.25, 0.3) is 6.08 Å². The Balaban J connectivity index is 1.30. The third-order valence-corrected chi connectivity index (χ3v) is 9.47. The first-order chi connectivity index (χ1) is 23.5. The van der Waals surface area contributed by atoms with E-state index in [1.807, 2.05) is 45.1 Å². The first kappa shape index (κ1) is 36.1. The molecule has 13 heteroatoms. The van der Waals surface area contributed by atoms with Crippen LogP contribution in [0.4, 0.5) is 14.9 Å². The smallest absolute Gasteiger partial charge is 0.410 e. The molecule has 49 heavy (non-hydrogen) atoms. The number of aliphatic hydroxyl groups is 1. The number of anilines is 1. The van der Waals surface area contributed by atoms with E-state index in [4.69, 9.17) is 9.47 Å². The number of amides is 2. The third kappa shape index (κ3) is 10.1. The summed E-state index contributed by atoms with van der Waals surface area (Å²) in [6.07, 6.45) is 7.25. The molecule has 0 bridgehead atoms. The van der Waals surface area contributed by atoms with Gasteiger partial charge in [-0.05, 0) is 67.2 Å². The van der Waals surface area contributed by atoms with Gasteiger partial charge in [-0.2, -0.15) is 5.10 Å². The highest BCUT2D eigenvalue weighted by atomic mass is 19.1. The van der Waals surface area contributed by atoms with Crippen LogP contribution in [0.15, 0.2) is 54.4 Å². The number of nitrogens with zero attached hydrogens (tertiary/aromatic N) is 5. The van der Waals surface area contributed by atoms with Crippen LogP contribution in [-0.2, 0) is 25.6 Å². The first-order valence-electron chi connectivity index (χ1n) is 17.3. The largest absolute Gasteiger partial charge is 0.457 e. The maximum Gasteiger partial charge on any atom is 0.410 e. The van der Waals surface area contributed by atoms with Gasteiger partial charge in [0.2, 0.25) is 5.91 Å². The van der Waals surface area contributed by atoms with E-state index in [1.54, 1.807) is 32.9 Å². The number of ether oxygens (including phenoxy) is 2. The summed E-state index contributed by atoms with van der Waals surface area (Å²) >= 11 is 0. The molecular weight excluding hydrogens is 631 g/mol. The lowest BCUT2D eigenvalue weighted by atomic mass is 9.91. The number of rotatable bonds is 6. The van der Waals surface area contributed by atoms with Crippen molar-refractivity contribution in [2.24, 2.45) is 11.8 Å². The fraction of sp³-hybridized carbons (Fsp3) is 0.556. The highest BCUT2D eigenvalue weighted by Crippen LogP contribution is 2.27. The fourth-order valence-electron chi connectivity index (χ4n) is 6.54. The molecule has 5 rings (SSSR count). The van der Waals surface area contributed by atoms with E-state index in [0.29, 0.717) is 82.0 Å². The number of hydrogen-bond acceptors (Lipinski definition) is 9. The summed E-state index contributed by atoms with van der Waals surface area (Å²) in [5.41, 5.74) is 2.01. The topological polar surface area (TPSA) is 129 Å². The number of piperazine rings is 2. The molecule has 4 heterocycles. The van der Waals surface area contributed by atoms with E-state index in [1.165, 1.54) is 12.1 Å². The second-order valence-electron chi connectivity index (χ2n) is 13.4. The minimum absolute atomic E-state index is 0.0115. The number of halogens is 1. The van der Waals surface area contributed by atoms with Crippen molar-refractivity contribution in [1.29, 1.82) is 0 Å². The monoisotopic (exact) mass is 680 g/mol. The fourth-order valence-corrected chi connectivity index (χ4v) is 6.54. The van der Waals surface area contributed by atoms with Gasteiger partial charge in [-0.25, -0.2) is 9.18 Å². The first-order valence-corrected chi connectivity index (χ1v) is 17.3. The van der Waals surface area contributed by atoms with Gasteiger partial charge < -0.3 is 34.6 Å². The Hall–Kier alpha value is -4.23. The van der Waals surface area contributed by atoms with Crippen LogP contribution < -0.4 is 10.2 Å². The minimum atomic E-state index is -0.893. The lowest BCUT2D eigenvalue weighted by molar-refractivity contribution is -0.151. The number of carbonyl (C=O) groups excluding carboxylic acids is 3. The lowest BCUT2D eigenvalue weighted by Gasteiger charge is -2.36. The molecule has 2 amide bonds. The SMILES string of the molecule is C/C(=C\c1cc(F)cc(N2CCN(C(=O)Cn3cccn3)CC2)c1)[C@H]1OC(=O)C[C@H](O)CC[C@H](C)[C@@H](OC(=O)N2CCNCC2)C=C[C@@H]1C. The number of carbonyl (C=O) groups is 3. The van der Waals surface area contributed by atoms with Gasteiger partial charge in [0.15, 0.2) is 0 Å². The zero-order chi connectivity index (χ0) is 34.9. The summed E-state index contributed by atoms with van der Waals surface area (Å²) < 4.78 is 28.5. The summed E-state index contributed by atoms with van der Waals surface area (Å²) in [6.45, 7) is 10.6. The van der Waals surface area contributed by atoms with Crippen LogP contribution in [0, 0.1) is 17.7 Å².